The topological polar surface area (TPSA) is 76.1 Å². The van der Waals surface area contributed by atoms with Crippen LogP contribution in [0.15, 0.2) is 46.6 Å². The molecule has 2 aromatic rings. The Kier molecular flexibility index (Phi) is 6.43. The number of halogens is 1. The molecular weight excluding hydrogens is 462 g/mol. The van der Waals surface area contributed by atoms with E-state index in [1.807, 2.05) is 31.2 Å². The number of rotatable bonds is 5. The van der Waals surface area contributed by atoms with E-state index in [9.17, 15) is 14.7 Å². The second kappa shape index (κ2) is 9.24. The molecule has 0 atom stereocenters. The van der Waals surface area contributed by atoms with E-state index < -0.39 is 0 Å². The molecule has 0 aromatic heterocycles. The Morgan fingerprint density at radius 3 is 2.71 bits per heavy atom. The van der Waals surface area contributed by atoms with E-state index >= 15 is 0 Å². The summed E-state index contributed by atoms with van der Waals surface area (Å²) in [5.74, 6) is 0.323. The van der Waals surface area contributed by atoms with Crippen LogP contribution in [0.5, 0.6) is 11.5 Å². The van der Waals surface area contributed by atoms with Crippen molar-refractivity contribution in [3.05, 3.63) is 63.3 Å². The third kappa shape index (κ3) is 4.52. The van der Waals surface area contributed by atoms with Crippen molar-refractivity contribution in [2.24, 2.45) is 5.92 Å². The fourth-order valence-corrected chi connectivity index (χ4v) is 4.39. The highest BCUT2D eigenvalue weighted by Gasteiger charge is 2.33. The average molecular weight is 486 g/mol. The molecule has 0 saturated carbocycles. The van der Waals surface area contributed by atoms with E-state index in [4.69, 9.17) is 9.47 Å². The van der Waals surface area contributed by atoms with E-state index in [0.29, 0.717) is 56.0 Å². The maximum Gasteiger partial charge on any atom is 0.309 e. The quantitative estimate of drug-likeness (QED) is 0.494. The van der Waals surface area contributed by atoms with Gasteiger partial charge in [0.1, 0.15) is 11.5 Å². The SMILES string of the molecule is CCOC(=O)C1CCN(Cc2c(O)ccc3c2O/C(=C/c2ccccc2Br)C3=O)CC1. The van der Waals surface area contributed by atoms with Gasteiger partial charge < -0.3 is 14.6 Å². The smallest absolute Gasteiger partial charge is 0.309 e. The van der Waals surface area contributed by atoms with Crippen LogP contribution in [-0.2, 0) is 16.1 Å². The second-order valence-electron chi connectivity index (χ2n) is 7.70. The van der Waals surface area contributed by atoms with E-state index in [1.54, 1.807) is 18.2 Å². The van der Waals surface area contributed by atoms with Crippen LogP contribution in [0.3, 0.4) is 0 Å². The minimum Gasteiger partial charge on any atom is -0.507 e. The summed E-state index contributed by atoms with van der Waals surface area (Å²) >= 11 is 3.48. The van der Waals surface area contributed by atoms with Crippen LogP contribution in [0.1, 0.15) is 41.3 Å². The van der Waals surface area contributed by atoms with Crippen LogP contribution < -0.4 is 4.74 Å². The molecule has 31 heavy (non-hydrogen) atoms. The highest BCUT2D eigenvalue weighted by atomic mass is 79.9. The van der Waals surface area contributed by atoms with Crippen molar-refractivity contribution in [3.8, 4) is 11.5 Å². The van der Waals surface area contributed by atoms with Crippen LogP contribution in [0.25, 0.3) is 6.08 Å². The highest BCUT2D eigenvalue weighted by Crippen LogP contribution is 2.40. The molecule has 0 spiro atoms. The van der Waals surface area contributed by atoms with Crippen LogP contribution in [-0.4, -0.2) is 41.5 Å². The van der Waals surface area contributed by atoms with Crippen molar-refractivity contribution >= 4 is 33.8 Å². The number of fused-ring (bicyclic) bond motifs is 1. The summed E-state index contributed by atoms with van der Waals surface area (Å²) in [4.78, 5) is 27.0. The lowest BCUT2D eigenvalue weighted by Gasteiger charge is -2.31. The van der Waals surface area contributed by atoms with Crippen molar-refractivity contribution < 1.29 is 24.2 Å². The number of benzene rings is 2. The molecule has 2 heterocycles. The fourth-order valence-electron chi connectivity index (χ4n) is 3.99. The van der Waals surface area contributed by atoms with E-state index in [-0.39, 0.29) is 29.2 Å². The summed E-state index contributed by atoms with van der Waals surface area (Å²) in [6, 6.07) is 10.7. The molecule has 0 aliphatic carbocycles. The Labute approximate surface area is 189 Å². The van der Waals surface area contributed by atoms with Gasteiger partial charge in [-0.2, -0.15) is 0 Å². The molecule has 0 bridgehead atoms. The average Bonchev–Trinajstić information content (AvgIpc) is 3.08. The van der Waals surface area contributed by atoms with Crippen molar-refractivity contribution in [1.82, 2.24) is 4.90 Å². The van der Waals surface area contributed by atoms with Gasteiger partial charge in [-0.3, -0.25) is 14.5 Å². The van der Waals surface area contributed by atoms with E-state index in [1.165, 1.54) is 0 Å². The number of likely N-dealkylation sites (tertiary alicyclic amines) is 1. The zero-order chi connectivity index (χ0) is 22.0. The zero-order valence-corrected chi connectivity index (χ0v) is 18.9. The molecule has 6 nitrogen and oxygen atoms in total. The summed E-state index contributed by atoms with van der Waals surface area (Å²) < 4.78 is 11.9. The van der Waals surface area contributed by atoms with Crippen molar-refractivity contribution in [2.45, 2.75) is 26.3 Å². The molecule has 7 heteroatoms. The summed E-state index contributed by atoms with van der Waals surface area (Å²) in [7, 11) is 0. The van der Waals surface area contributed by atoms with Crippen LogP contribution in [0, 0.1) is 5.92 Å². The Balaban J connectivity index is 1.52. The van der Waals surface area contributed by atoms with Crippen molar-refractivity contribution in [1.29, 1.82) is 0 Å². The molecule has 4 rings (SSSR count). The molecule has 2 aromatic carbocycles. The van der Waals surface area contributed by atoms with Gasteiger partial charge >= 0.3 is 5.97 Å². The van der Waals surface area contributed by atoms with Crippen molar-refractivity contribution in [3.63, 3.8) is 0 Å². The number of phenolic OH excluding ortho intramolecular Hbond substituents is 1. The Hall–Kier alpha value is -2.64. The number of ketones is 1. The molecule has 1 N–H and O–H groups in total. The van der Waals surface area contributed by atoms with Crippen LogP contribution >= 0.6 is 15.9 Å². The minimum absolute atomic E-state index is 0.0806. The molecule has 2 aliphatic heterocycles. The van der Waals surface area contributed by atoms with Crippen LogP contribution in [0.4, 0.5) is 0 Å². The summed E-state index contributed by atoms with van der Waals surface area (Å²) in [5, 5.41) is 10.5. The number of carbonyl (C=O) groups is 2. The normalized spacial score (nSPS) is 18.1. The molecule has 0 unspecified atom stereocenters. The maximum atomic E-state index is 12.9. The zero-order valence-electron chi connectivity index (χ0n) is 17.3. The number of piperidine rings is 1. The largest absolute Gasteiger partial charge is 0.507 e. The Bertz CT molecular complexity index is 1040. The number of ether oxygens (including phenoxy) is 2. The van der Waals surface area contributed by atoms with E-state index in [0.717, 1.165) is 10.0 Å². The first-order valence-corrected chi connectivity index (χ1v) is 11.2. The second-order valence-corrected chi connectivity index (χ2v) is 8.56. The lowest BCUT2D eigenvalue weighted by Crippen LogP contribution is -2.36. The number of hydrogen-bond acceptors (Lipinski definition) is 6. The number of esters is 1. The standard InChI is InChI=1S/C24H24BrNO5/c1-2-30-24(29)15-9-11-26(12-10-15)14-18-20(27)8-7-17-22(28)21(31-23(17)18)13-16-5-3-4-6-19(16)25/h3-8,13,15,27H,2,9-12,14H2,1H3/b21-13+. The van der Waals surface area contributed by atoms with Crippen molar-refractivity contribution in [2.75, 3.05) is 19.7 Å². The first-order chi connectivity index (χ1) is 15.0. The first kappa shape index (κ1) is 21.6. The number of phenols is 1. The summed E-state index contributed by atoms with van der Waals surface area (Å²) in [5.41, 5.74) is 1.88. The first-order valence-electron chi connectivity index (χ1n) is 10.4. The molecule has 0 amide bonds. The van der Waals surface area contributed by atoms with Crippen LogP contribution in [0.2, 0.25) is 0 Å². The van der Waals surface area contributed by atoms with Gasteiger partial charge in [0, 0.05) is 11.0 Å². The molecule has 1 saturated heterocycles. The third-order valence-electron chi connectivity index (χ3n) is 5.70. The van der Waals surface area contributed by atoms with Gasteiger partial charge in [0.2, 0.25) is 5.78 Å². The maximum absolute atomic E-state index is 12.9. The Morgan fingerprint density at radius 1 is 1.26 bits per heavy atom. The number of Topliss-reactive ketones (excluding diaryl/α,β-unsaturated/α-hetero) is 1. The number of carbonyl (C=O) groups excluding carboxylic acids is 2. The predicted molar refractivity (Wildman–Crippen MR) is 120 cm³/mol. The third-order valence-corrected chi connectivity index (χ3v) is 6.42. The molecule has 2 aliphatic rings. The molecule has 1 fully saturated rings. The number of nitrogens with zero attached hydrogens (tertiary/aromatic N) is 1. The van der Waals surface area contributed by atoms with Gasteiger partial charge in [-0.05, 0) is 62.7 Å². The summed E-state index contributed by atoms with van der Waals surface area (Å²) in [6.07, 6.45) is 3.13. The monoisotopic (exact) mass is 485 g/mol. The highest BCUT2D eigenvalue weighted by molar-refractivity contribution is 9.10. The Morgan fingerprint density at radius 2 is 2.00 bits per heavy atom. The molecular formula is C24H24BrNO5. The molecule has 162 valence electrons. The molecule has 0 radical (unpaired) electrons. The van der Waals surface area contributed by atoms with Gasteiger partial charge in [-0.15, -0.1) is 0 Å². The van der Waals surface area contributed by atoms with Gasteiger partial charge in [0.15, 0.2) is 5.76 Å². The van der Waals surface area contributed by atoms with Gasteiger partial charge in [0.25, 0.3) is 0 Å². The number of aromatic hydroxyl groups is 1. The number of hydrogen-bond donors (Lipinski definition) is 1. The lowest BCUT2D eigenvalue weighted by molar-refractivity contribution is -0.149. The van der Waals surface area contributed by atoms with Gasteiger partial charge in [0.05, 0.1) is 23.7 Å². The predicted octanol–water partition coefficient (Wildman–Crippen LogP) is 4.55. The van der Waals surface area contributed by atoms with Gasteiger partial charge in [-0.25, -0.2) is 0 Å². The minimum atomic E-state index is -0.201. The van der Waals surface area contributed by atoms with Gasteiger partial charge in [-0.1, -0.05) is 34.1 Å². The van der Waals surface area contributed by atoms with E-state index in [2.05, 4.69) is 20.8 Å². The summed E-state index contributed by atoms with van der Waals surface area (Å²) in [6.45, 7) is 4.07. The number of allylic oxidation sites excluding steroid dienone is 1. The lowest BCUT2D eigenvalue weighted by atomic mass is 9.96. The fraction of sp³-hybridized carbons (Fsp3) is 0.333.